The molecule has 0 amide bonds. The molecule has 1 atom stereocenters. The molecule has 0 aliphatic carbocycles. The van der Waals surface area contributed by atoms with E-state index in [1.807, 2.05) is 50.4 Å². The summed E-state index contributed by atoms with van der Waals surface area (Å²) in [5, 5.41) is 23.8. The number of aliphatic imine (C=N–C) groups is 1. The minimum atomic E-state index is -0.557. The zero-order valence-electron chi connectivity index (χ0n) is 16.4. The summed E-state index contributed by atoms with van der Waals surface area (Å²) in [6.45, 7) is 4.10. The Hall–Kier alpha value is -4.50. The Morgan fingerprint density at radius 3 is 2.33 bits per heavy atom. The number of fused-ring (bicyclic) bond motifs is 1. The van der Waals surface area contributed by atoms with Crippen molar-refractivity contribution in [3.05, 3.63) is 64.5 Å². The van der Waals surface area contributed by atoms with Crippen molar-refractivity contribution in [2.75, 3.05) is 16.8 Å². The van der Waals surface area contributed by atoms with Gasteiger partial charge in [-0.15, -0.1) is 0 Å². The first kappa shape index (κ1) is 18.8. The van der Waals surface area contributed by atoms with Crippen LogP contribution in [0.1, 0.15) is 34.1 Å². The largest absolute Gasteiger partial charge is 0.397 e. The first-order valence-corrected chi connectivity index (χ1v) is 9.18. The highest BCUT2D eigenvalue weighted by atomic mass is 15.2. The van der Waals surface area contributed by atoms with Crippen molar-refractivity contribution in [2.24, 2.45) is 4.99 Å². The van der Waals surface area contributed by atoms with E-state index in [2.05, 4.69) is 37.3 Å². The first-order chi connectivity index (χ1) is 14.4. The number of nitrogens with zero attached hydrogens (tertiary/aromatic N) is 5. The molecule has 0 fully saturated rings. The summed E-state index contributed by atoms with van der Waals surface area (Å²) in [5.41, 5.74) is 17.2. The molecule has 0 spiro atoms. The number of anilines is 3. The molecule has 3 aromatic rings. The number of aryl methyl sites for hydroxylation is 2. The number of aromatic nitrogens is 2. The van der Waals surface area contributed by atoms with Crippen LogP contribution in [0.5, 0.6) is 0 Å². The number of pyridine rings is 1. The molecule has 6 N–H and O–H groups in total. The molecule has 9 nitrogen and oxygen atoms in total. The molecule has 148 valence electrons. The SMILES string of the molecule is Cc1ccc(C)n1-c1ccc(C2N=C(NC#N)Nc3nc(N)c(C#N)c(N)c32)cc1. The van der Waals surface area contributed by atoms with E-state index in [0.29, 0.717) is 11.4 Å². The number of benzene rings is 1. The van der Waals surface area contributed by atoms with Gasteiger partial charge in [0, 0.05) is 22.6 Å². The van der Waals surface area contributed by atoms with Gasteiger partial charge in [0.1, 0.15) is 29.3 Å². The van der Waals surface area contributed by atoms with Crippen LogP contribution in [0.2, 0.25) is 0 Å². The maximum absolute atomic E-state index is 9.42. The van der Waals surface area contributed by atoms with Gasteiger partial charge in [0.05, 0.1) is 5.69 Å². The fourth-order valence-corrected chi connectivity index (χ4v) is 3.70. The molecule has 30 heavy (non-hydrogen) atoms. The van der Waals surface area contributed by atoms with Crippen LogP contribution < -0.4 is 22.1 Å². The van der Waals surface area contributed by atoms with E-state index in [-0.39, 0.29) is 23.0 Å². The van der Waals surface area contributed by atoms with Crippen molar-refractivity contribution in [1.29, 1.82) is 10.5 Å². The van der Waals surface area contributed by atoms with Gasteiger partial charge in [-0.05, 0) is 43.7 Å². The van der Waals surface area contributed by atoms with Crippen molar-refractivity contribution in [3.63, 3.8) is 0 Å². The number of guanidine groups is 1. The van der Waals surface area contributed by atoms with Gasteiger partial charge in [-0.25, -0.2) is 9.98 Å². The van der Waals surface area contributed by atoms with Gasteiger partial charge in [0.25, 0.3) is 0 Å². The van der Waals surface area contributed by atoms with Crippen molar-refractivity contribution < 1.29 is 0 Å². The minimum Gasteiger partial charge on any atom is -0.397 e. The van der Waals surface area contributed by atoms with E-state index in [1.165, 1.54) is 0 Å². The number of hydrogen-bond acceptors (Lipinski definition) is 8. The van der Waals surface area contributed by atoms with E-state index in [9.17, 15) is 5.26 Å². The van der Waals surface area contributed by atoms with Crippen LogP contribution >= 0.6 is 0 Å². The average molecular weight is 397 g/mol. The molecule has 1 unspecified atom stereocenters. The highest BCUT2D eigenvalue weighted by molar-refractivity contribution is 5.98. The Labute approximate surface area is 173 Å². The first-order valence-electron chi connectivity index (χ1n) is 9.18. The Morgan fingerprint density at radius 2 is 1.73 bits per heavy atom. The van der Waals surface area contributed by atoms with Gasteiger partial charge in [-0.1, -0.05) is 12.1 Å². The molecule has 0 saturated carbocycles. The van der Waals surface area contributed by atoms with Crippen LogP contribution in [0.25, 0.3) is 5.69 Å². The lowest BCUT2D eigenvalue weighted by Gasteiger charge is -2.26. The highest BCUT2D eigenvalue weighted by Gasteiger charge is 2.29. The van der Waals surface area contributed by atoms with Gasteiger partial charge >= 0.3 is 0 Å². The Morgan fingerprint density at radius 1 is 1.07 bits per heavy atom. The maximum Gasteiger partial charge on any atom is 0.211 e. The summed E-state index contributed by atoms with van der Waals surface area (Å²) >= 11 is 0. The topological polar surface area (TPSA) is 154 Å². The second-order valence-corrected chi connectivity index (χ2v) is 6.94. The van der Waals surface area contributed by atoms with Crippen molar-refractivity contribution in [3.8, 4) is 17.9 Å². The summed E-state index contributed by atoms with van der Waals surface area (Å²) in [6, 6.07) is 13.5. The molecule has 2 aromatic heterocycles. The number of nitriles is 2. The monoisotopic (exact) mass is 397 g/mol. The summed E-state index contributed by atoms with van der Waals surface area (Å²) in [4.78, 5) is 8.84. The third-order valence-corrected chi connectivity index (χ3v) is 5.10. The number of nitrogens with one attached hydrogen (secondary N) is 2. The predicted molar refractivity (Wildman–Crippen MR) is 115 cm³/mol. The zero-order valence-corrected chi connectivity index (χ0v) is 16.4. The molecule has 9 heteroatoms. The van der Waals surface area contributed by atoms with Crippen molar-refractivity contribution in [1.82, 2.24) is 14.9 Å². The normalized spacial score (nSPS) is 14.7. The summed E-state index contributed by atoms with van der Waals surface area (Å²) in [5.74, 6) is 0.613. The van der Waals surface area contributed by atoms with Crippen LogP contribution in [0, 0.1) is 36.6 Å². The fraction of sp³-hybridized carbons (Fsp3) is 0.143. The van der Waals surface area contributed by atoms with Crippen LogP contribution in [0.15, 0.2) is 41.4 Å². The van der Waals surface area contributed by atoms with Crippen LogP contribution in [-0.2, 0) is 0 Å². The third-order valence-electron chi connectivity index (χ3n) is 5.10. The molecular formula is C21H19N9. The van der Waals surface area contributed by atoms with E-state index >= 15 is 0 Å². The lowest BCUT2D eigenvalue weighted by atomic mass is 9.95. The maximum atomic E-state index is 9.42. The zero-order chi connectivity index (χ0) is 21.4. The molecular weight excluding hydrogens is 378 g/mol. The van der Waals surface area contributed by atoms with Crippen LogP contribution in [0.4, 0.5) is 17.3 Å². The van der Waals surface area contributed by atoms with Crippen molar-refractivity contribution in [2.45, 2.75) is 19.9 Å². The van der Waals surface area contributed by atoms with Gasteiger partial charge in [0.15, 0.2) is 6.19 Å². The number of nitrogen functional groups attached to an aromatic ring is 2. The van der Waals surface area contributed by atoms with Crippen LogP contribution in [-0.4, -0.2) is 15.5 Å². The van der Waals surface area contributed by atoms with Crippen LogP contribution in [0.3, 0.4) is 0 Å². The summed E-state index contributed by atoms with van der Waals surface area (Å²) < 4.78 is 2.15. The molecule has 0 radical (unpaired) electrons. The standard InChI is InChI=1S/C21H19N9/c1-11-3-4-12(2)30(11)14-7-5-13(6-8-14)18-16-17(24)15(9-22)19(25)28-20(16)29-21(27-18)26-10-23/h3-8,18H,1-2H3,(H6,24,25,26,27,28,29). The van der Waals surface area contributed by atoms with E-state index in [1.54, 1.807) is 0 Å². The molecule has 1 aromatic carbocycles. The Bertz CT molecular complexity index is 1230. The fourth-order valence-electron chi connectivity index (χ4n) is 3.70. The van der Waals surface area contributed by atoms with Gasteiger partial charge in [-0.2, -0.15) is 10.5 Å². The number of rotatable bonds is 2. The van der Waals surface area contributed by atoms with Gasteiger partial charge in [-0.3, -0.25) is 5.32 Å². The third kappa shape index (κ3) is 2.95. The van der Waals surface area contributed by atoms with E-state index < -0.39 is 6.04 Å². The number of hydrogen-bond donors (Lipinski definition) is 4. The van der Waals surface area contributed by atoms with Gasteiger partial charge in [0.2, 0.25) is 5.96 Å². The second kappa shape index (κ2) is 7.15. The summed E-state index contributed by atoms with van der Waals surface area (Å²) in [7, 11) is 0. The second-order valence-electron chi connectivity index (χ2n) is 6.94. The lowest BCUT2D eigenvalue weighted by molar-refractivity contribution is 0.844. The molecule has 4 rings (SSSR count). The number of nitrogens with two attached hydrogens (primary N) is 2. The molecule has 1 aliphatic rings. The predicted octanol–water partition coefficient (Wildman–Crippen LogP) is 2.47. The Kier molecular flexibility index (Phi) is 4.49. The summed E-state index contributed by atoms with van der Waals surface area (Å²) in [6.07, 6.45) is 1.84. The molecule has 3 heterocycles. The van der Waals surface area contributed by atoms with E-state index in [4.69, 9.17) is 16.7 Å². The average Bonchev–Trinajstić information content (AvgIpc) is 3.06. The molecule has 1 aliphatic heterocycles. The van der Waals surface area contributed by atoms with E-state index in [0.717, 1.165) is 22.6 Å². The quantitative estimate of drug-likeness (QED) is 0.382. The van der Waals surface area contributed by atoms with Gasteiger partial charge < -0.3 is 21.4 Å². The lowest BCUT2D eigenvalue weighted by Crippen LogP contribution is -2.32. The van der Waals surface area contributed by atoms with Crippen molar-refractivity contribution >= 4 is 23.3 Å². The molecule has 0 saturated heterocycles. The Balaban J connectivity index is 1.84. The highest BCUT2D eigenvalue weighted by Crippen LogP contribution is 2.40. The minimum absolute atomic E-state index is 0.0205. The smallest absolute Gasteiger partial charge is 0.211 e. The molecule has 0 bridgehead atoms.